The van der Waals surface area contributed by atoms with Crippen molar-refractivity contribution >= 4 is 40.8 Å². The Morgan fingerprint density at radius 1 is 1.12 bits per heavy atom. The molecule has 1 heterocycles. The van der Waals surface area contributed by atoms with E-state index >= 15 is 0 Å². The second kappa shape index (κ2) is 7.42. The molecule has 1 amide bonds. The molecule has 0 aliphatic heterocycles. The average Bonchev–Trinajstić information content (AvgIpc) is 2.55. The first kappa shape index (κ1) is 19.2. The molecule has 0 saturated carbocycles. The van der Waals surface area contributed by atoms with Gasteiger partial charge >= 0.3 is 5.97 Å². The number of carbonyl (C=O) groups excluding carboxylic acids is 2. The van der Waals surface area contributed by atoms with Gasteiger partial charge in [-0.3, -0.25) is 4.79 Å². The number of rotatable bonds is 3. The predicted octanol–water partition coefficient (Wildman–Crippen LogP) is 4.72. The second-order valence-electron chi connectivity index (χ2n) is 6.39. The Hall–Kier alpha value is -2.11. The number of anilines is 1. The number of esters is 1. The maximum absolute atomic E-state index is 12.7. The lowest BCUT2D eigenvalue weighted by molar-refractivity contribution is 0.0602. The molecule has 0 saturated heterocycles. The molecule has 0 spiro atoms. The van der Waals surface area contributed by atoms with E-state index in [1.54, 1.807) is 12.1 Å². The molecule has 2 rings (SSSR count). The molecule has 1 aromatic heterocycles. The molecule has 1 N–H and O–H groups in total. The number of ether oxygens (including phenoxy) is 1. The number of halogens is 2. The highest BCUT2D eigenvalue weighted by atomic mass is 35.5. The van der Waals surface area contributed by atoms with Crippen LogP contribution >= 0.6 is 23.2 Å². The first-order valence-corrected chi connectivity index (χ1v) is 8.26. The standard InChI is InChI=1S/C18H18Cl2N2O3/c1-18(2,3)11-7-5-6-10(17(24)25-4)14(11)22-16(23)15-12(19)8-9-13(20)21-15/h5-9H,1-4H3,(H,22,23). The Labute approximate surface area is 156 Å². The topological polar surface area (TPSA) is 68.3 Å². The fraction of sp³-hybridized carbons (Fsp3) is 0.278. The number of aromatic nitrogens is 1. The molecule has 5 nitrogen and oxygen atoms in total. The molecule has 0 aliphatic carbocycles. The fourth-order valence-corrected chi connectivity index (χ4v) is 2.68. The van der Waals surface area contributed by atoms with Gasteiger partial charge < -0.3 is 10.1 Å². The van der Waals surface area contributed by atoms with E-state index in [4.69, 9.17) is 27.9 Å². The third kappa shape index (κ3) is 4.30. The molecular weight excluding hydrogens is 363 g/mol. The van der Waals surface area contributed by atoms with Gasteiger partial charge in [-0.1, -0.05) is 56.1 Å². The zero-order chi connectivity index (χ0) is 18.8. The number of pyridine rings is 1. The molecule has 132 valence electrons. The summed E-state index contributed by atoms with van der Waals surface area (Å²) in [6.07, 6.45) is 0. The van der Waals surface area contributed by atoms with Crippen LogP contribution in [0.25, 0.3) is 0 Å². The Kier molecular flexibility index (Phi) is 5.70. The Bertz CT molecular complexity index is 830. The Morgan fingerprint density at radius 3 is 2.40 bits per heavy atom. The van der Waals surface area contributed by atoms with Gasteiger partial charge in [0, 0.05) is 0 Å². The highest BCUT2D eigenvalue weighted by molar-refractivity contribution is 6.35. The lowest BCUT2D eigenvalue weighted by Gasteiger charge is -2.24. The number of hydrogen-bond donors (Lipinski definition) is 1. The van der Waals surface area contributed by atoms with E-state index in [0.717, 1.165) is 5.56 Å². The number of benzene rings is 1. The molecule has 1 aromatic carbocycles. The van der Waals surface area contributed by atoms with Crippen LogP contribution in [0.5, 0.6) is 0 Å². The van der Waals surface area contributed by atoms with Crippen molar-refractivity contribution in [1.82, 2.24) is 4.98 Å². The summed E-state index contributed by atoms with van der Waals surface area (Å²) in [7, 11) is 1.28. The molecule has 0 aliphatic rings. The van der Waals surface area contributed by atoms with Gasteiger partial charge in [-0.05, 0) is 29.2 Å². The minimum atomic E-state index is -0.561. The first-order chi connectivity index (χ1) is 11.6. The van der Waals surface area contributed by atoms with Gasteiger partial charge in [-0.25, -0.2) is 9.78 Å². The van der Waals surface area contributed by atoms with Crippen molar-refractivity contribution in [3.8, 4) is 0 Å². The number of amides is 1. The monoisotopic (exact) mass is 380 g/mol. The lowest BCUT2D eigenvalue weighted by Crippen LogP contribution is -2.22. The van der Waals surface area contributed by atoms with Crippen LogP contribution in [0.3, 0.4) is 0 Å². The molecule has 2 aromatic rings. The second-order valence-corrected chi connectivity index (χ2v) is 7.18. The van der Waals surface area contributed by atoms with Gasteiger partial charge in [0.15, 0.2) is 0 Å². The van der Waals surface area contributed by atoms with Crippen LogP contribution in [-0.4, -0.2) is 24.0 Å². The van der Waals surface area contributed by atoms with Crippen LogP contribution < -0.4 is 5.32 Å². The highest BCUT2D eigenvalue weighted by Crippen LogP contribution is 2.33. The predicted molar refractivity (Wildman–Crippen MR) is 98.7 cm³/mol. The van der Waals surface area contributed by atoms with Crippen molar-refractivity contribution < 1.29 is 14.3 Å². The van der Waals surface area contributed by atoms with E-state index in [0.29, 0.717) is 5.69 Å². The molecule has 7 heteroatoms. The van der Waals surface area contributed by atoms with E-state index in [-0.39, 0.29) is 26.8 Å². The summed E-state index contributed by atoms with van der Waals surface area (Å²) >= 11 is 11.9. The number of nitrogens with one attached hydrogen (secondary N) is 1. The molecule has 0 bridgehead atoms. The zero-order valence-corrected chi connectivity index (χ0v) is 15.8. The summed E-state index contributed by atoms with van der Waals surface area (Å²) in [4.78, 5) is 28.7. The van der Waals surface area contributed by atoms with E-state index in [1.807, 2.05) is 26.8 Å². The number of nitrogens with zero attached hydrogens (tertiary/aromatic N) is 1. The van der Waals surface area contributed by atoms with Crippen molar-refractivity contribution in [1.29, 1.82) is 0 Å². The lowest BCUT2D eigenvalue weighted by atomic mass is 9.84. The van der Waals surface area contributed by atoms with E-state index in [1.165, 1.54) is 19.2 Å². The summed E-state index contributed by atoms with van der Waals surface area (Å²) < 4.78 is 4.82. The van der Waals surface area contributed by atoms with Gasteiger partial charge in [-0.2, -0.15) is 0 Å². The maximum Gasteiger partial charge on any atom is 0.339 e. The molecule has 0 unspecified atom stereocenters. The van der Waals surface area contributed by atoms with E-state index < -0.39 is 11.9 Å². The average molecular weight is 381 g/mol. The smallest absolute Gasteiger partial charge is 0.339 e. The number of carbonyl (C=O) groups is 2. The van der Waals surface area contributed by atoms with Gasteiger partial charge in [-0.15, -0.1) is 0 Å². The third-order valence-electron chi connectivity index (χ3n) is 3.54. The van der Waals surface area contributed by atoms with E-state index in [9.17, 15) is 9.59 Å². The molecule has 25 heavy (non-hydrogen) atoms. The van der Waals surface area contributed by atoms with Gasteiger partial charge in [0.05, 0.1) is 23.4 Å². The molecule has 0 fully saturated rings. The summed E-state index contributed by atoms with van der Waals surface area (Å²) in [5.41, 5.74) is 1.06. The molecular formula is C18H18Cl2N2O3. The fourth-order valence-electron chi connectivity index (χ4n) is 2.34. The van der Waals surface area contributed by atoms with Crippen molar-refractivity contribution in [2.75, 3.05) is 12.4 Å². The van der Waals surface area contributed by atoms with Gasteiger partial charge in [0.2, 0.25) is 0 Å². The number of methoxy groups -OCH3 is 1. The highest BCUT2D eigenvalue weighted by Gasteiger charge is 2.25. The van der Waals surface area contributed by atoms with Gasteiger partial charge in [0.1, 0.15) is 10.8 Å². The van der Waals surface area contributed by atoms with Crippen LogP contribution in [0.1, 0.15) is 47.2 Å². The van der Waals surface area contributed by atoms with Crippen LogP contribution in [0, 0.1) is 0 Å². The molecule has 0 atom stereocenters. The van der Waals surface area contributed by atoms with Crippen molar-refractivity contribution in [3.63, 3.8) is 0 Å². The van der Waals surface area contributed by atoms with Crippen LogP contribution in [0.15, 0.2) is 30.3 Å². The van der Waals surface area contributed by atoms with Crippen molar-refractivity contribution in [3.05, 3.63) is 57.3 Å². The Morgan fingerprint density at radius 2 is 1.80 bits per heavy atom. The molecule has 0 radical (unpaired) electrons. The summed E-state index contributed by atoms with van der Waals surface area (Å²) in [6, 6.07) is 8.15. The zero-order valence-electron chi connectivity index (χ0n) is 14.3. The largest absolute Gasteiger partial charge is 0.465 e. The summed E-state index contributed by atoms with van der Waals surface area (Å²) in [5, 5.41) is 3.05. The normalized spacial score (nSPS) is 11.1. The van der Waals surface area contributed by atoms with Gasteiger partial charge in [0.25, 0.3) is 5.91 Å². The first-order valence-electron chi connectivity index (χ1n) is 7.50. The SMILES string of the molecule is COC(=O)c1cccc(C(C)(C)C)c1NC(=O)c1nc(Cl)ccc1Cl. The minimum absolute atomic E-state index is 0.0197. The van der Waals surface area contributed by atoms with Crippen molar-refractivity contribution in [2.45, 2.75) is 26.2 Å². The third-order valence-corrected chi connectivity index (χ3v) is 4.06. The summed E-state index contributed by atoms with van der Waals surface area (Å²) in [6.45, 7) is 5.93. The number of para-hydroxylation sites is 1. The minimum Gasteiger partial charge on any atom is -0.465 e. The van der Waals surface area contributed by atoms with Crippen molar-refractivity contribution in [2.24, 2.45) is 0 Å². The maximum atomic E-state index is 12.7. The quantitative estimate of drug-likeness (QED) is 0.617. The Balaban J connectivity index is 2.55. The summed E-state index contributed by atoms with van der Waals surface area (Å²) in [5.74, 6) is -1.11. The van der Waals surface area contributed by atoms with Crippen LogP contribution in [0.2, 0.25) is 10.2 Å². The van der Waals surface area contributed by atoms with E-state index in [2.05, 4.69) is 10.3 Å². The van der Waals surface area contributed by atoms with Crippen LogP contribution in [-0.2, 0) is 10.2 Å². The number of hydrogen-bond acceptors (Lipinski definition) is 4. The van der Waals surface area contributed by atoms with Crippen LogP contribution in [0.4, 0.5) is 5.69 Å².